The first kappa shape index (κ1) is 7.73. The monoisotopic (exact) mass is 140 g/mol. The second-order valence-corrected chi connectivity index (χ2v) is 2.80. The lowest BCUT2D eigenvalue weighted by Gasteiger charge is -2.22. The Hall–Kier alpha value is -0.370. The van der Waals surface area contributed by atoms with Crippen molar-refractivity contribution in [1.29, 1.82) is 0 Å². The molecule has 58 valence electrons. The smallest absolute Gasteiger partial charge is 0.0448 e. The molecule has 0 unspecified atom stereocenters. The van der Waals surface area contributed by atoms with E-state index in [1.165, 1.54) is 31.4 Å². The fraction of sp³-hybridized carbons (Fsp3) is 0.875. The molecule has 1 fully saturated rings. The van der Waals surface area contributed by atoms with Crippen LogP contribution in [0.3, 0.4) is 0 Å². The van der Waals surface area contributed by atoms with E-state index in [2.05, 4.69) is 10.3 Å². The molecule has 1 saturated carbocycles. The Morgan fingerprint density at radius 1 is 1.50 bits per heavy atom. The molecule has 0 aliphatic heterocycles. The summed E-state index contributed by atoms with van der Waals surface area (Å²) in [5.74, 6) is 0. The van der Waals surface area contributed by atoms with Crippen molar-refractivity contribution < 1.29 is 0 Å². The molecule has 1 atom stereocenters. The van der Waals surface area contributed by atoms with Gasteiger partial charge in [-0.1, -0.05) is 6.42 Å². The maximum atomic E-state index is 4.25. The minimum atomic E-state index is 0.568. The van der Waals surface area contributed by atoms with Gasteiger partial charge in [0.15, 0.2) is 0 Å². The molecule has 1 aliphatic rings. The fourth-order valence-corrected chi connectivity index (χ4v) is 1.57. The Morgan fingerprint density at radius 3 is 2.80 bits per heavy atom. The topological polar surface area (TPSA) is 24.4 Å². The van der Waals surface area contributed by atoms with E-state index >= 15 is 0 Å². The molecule has 0 radical (unpaired) electrons. The summed E-state index contributed by atoms with van der Waals surface area (Å²) >= 11 is 0. The standard InChI is InChI=1S/C8H16N2/c1-9-7-5-3-4-6-8(7)10-2/h7,9H,3-6H2,1-2H3/t7-/m0/s1. The average Bonchev–Trinajstić information content (AvgIpc) is 2.04. The first-order chi connectivity index (χ1) is 4.88. The molecule has 0 amide bonds. The van der Waals surface area contributed by atoms with Crippen LogP contribution in [0.15, 0.2) is 4.99 Å². The van der Waals surface area contributed by atoms with Gasteiger partial charge >= 0.3 is 0 Å². The summed E-state index contributed by atoms with van der Waals surface area (Å²) in [5, 5.41) is 3.27. The van der Waals surface area contributed by atoms with Crippen LogP contribution in [-0.4, -0.2) is 25.8 Å². The summed E-state index contributed by atoms with van der Waals surface area (Å²) in [6, 6.07) is 0.568. The van der Waals surface area contributed by atoms with Gasteiger partial charge in [0.1, 0.15) is 0 Å². The Bertz CT molecular complexity index is 129. The predicted molar refractivity (Wildman–Crippen MR) is 44.7 cm³/mol. The van der Waals surface area contributed by atoms with Crippen LogP contribution in [0.5, 0.6) is 0 Å². The summed E-state index contributed by atoms with van der Waals surface area (Å²) in [5.41, 5.74) is 1.36. The third kappa shape index (κ3) is 1.57. The lowest BCUT2D eigenvalue weighted by atomic mass is 9.93. The number of nitrogens with one attached hydrogen (secondary N) is 1. The van der Waals surface area contributed by atoms with Gasteiger partial charge in [-0.3, -0.25) is 4.99 Å². The summed E-state index contributed by atoms with van der Waals surface area (Å²) in [6.07, 6.45) is 5.14. The van der Waals surface area contributed by atoms with Gasteiger partial charge in [0.05, 0.1) is 0 Å². The molecule has 1 rings (SSSR count). The van der Waals surface area contributed by atoms with Crippen LogP contribution in [0.25, 0.3) is 0 Å². The van der Waals surface area contributed by atoms with Crippen molar-refractivity contribution >= 4 is 5.71 Å². The van der Waals surface area contributed by atoms with E-state index in [4.69, 9.17) is 0 Å². The zero-order valence-corrected chi connectivity index (χ0v) is 6.85. The Morgan fingerprint density at radius 2 is 2.30 bits per heavy atom. The van der Waals surface area contributed by atoms with Crippen LogP contribution >= 0.6 is 0 Å². The Balaban J connectivity index is 2.50. The molecule has 2 heteroatoms. The van der Waals surface area contributed by atoms with E-state index in [9.17, 15) is 0 Å². The second-order valence-electron chi connectivity index (χ2n) is 2.80. The van der Waals surface area contributed by atoms with Gasteiger partial charge < -0.3 is 5.32 Å². The molecule has 1 aliphatic carbocycles. The Kier molecular flexibility index (Phi) is 2.87. The SMILES string of the molecule is CN=C1CCCC[C@@H]1NC. The highest BCUT2D eigenvalue weighted by atomic mass is 14.9. The van der Waals surface area contributed by atoms with Gasteiger partial charge in [-0.2, -0.15) is 0 Å². The third-order valence-electron chi connectivity index (χ3n) is 2.21. The summed E-state index contributed by atoms with van der Waals surface area (Å²) in [4.78, 5) is 4.25. The number of nitrogens with zero attached hydrogens (tertiary/aromatic N) is 1. The van der Waals surface area contributed by atoms with Gasteiger partial charge in [-0.25, -0.2) is 0 Å². The molecule has 0 aromatic carbocycles. The van der Waals surface area contributed by atoms with Crippen molar-refractivity contribution in [3.05, 3.63) is 0 Å². The quantitative estimate of drug-likeness (QED) is 0.582. The molecule has 0 aromatic heterocycles. The summed E-state index contributed by atoms with van der Waals surface area (Å²) in [7, 11) is 3.91. The molecule has 0 bridgehead atoms. The predicted octanol–water partition coefficient (Wildman–Crippen LogP) is 1.22. The number of aliphatic imine (C=N–C) groups is 1. The van der Waals surface area contributed by atoms with Gasteiger partial charge in [-0.05, 0) is 26.3 Å². The molecule has 1 N–H and O–H groups in total. The van der Waals surface area contributed by atoms with Gasteiger partial charge in [0.2, 0.25) is 0 Å². The van der Waals surface area contributed by atoms with Crippen molar-refractivity contribution in [2.24, 2.45) is 4.99 Å². The van der Waals surface area contributed by atoms with Crippen molar-refractivity contribution in [1.82, 2.24) is 5.32 Å². The lowest BCUT2D eigenvalue weighted by Crippen LogP contribution is -2.36. The zero-order valence-electron chi connectivity index (χ0n) is 6.85. The van der Waals surface area contributed by atoms with Crippen LogP contribution < -0.4 is 5.32 Å². The molecular weight excluding hydrogens is 124 g/mol. The van der Waals surface area contributed by atoms with Crippen molar-refractivity contribution in [3.63, 3.8) is 0 Å². The molecule has 0 heterocycles. The van der Waals surface area contributed by atoms with Crippen LogP contribution in [0.4, 0.5) is 0 Å². The van der Waals surface area contributed by atoms with Crippen LogP contribution in [0, 0.1) is 0 Å². The summed E-state index contributed by atoms with van der Waals surface area (Å²) in [6.45, 7) is 0. The van der Waals surface area contributed by atoms with Crippen LogP contribution in [0.2, 0.25) is 0 Å². The average molecular weight is 140 g/mol. The highest BCUT2D eigenvalue weighted by molar-refractivity contribution is 5.90. The van der Waals surface area contributed by atoms with E-state index in [0.29, 0.717) is 6.04 Å². The van der Waals surface area contributed by atoms with E-state index in [1.54, 1.807) is 0 Å². The van der Waals surface area contributed by atoms with Crippen LogP contribution in [-0.2, 0) is 0 Å². The maximum Gasteiger partial charge on any atom is 0.0448 e. The zero-order chi connectivity index (χ0) is 7.40. The first-order valence-electron chi connectivity index (χ1n) is 4.01. The minimum Gasteiger partial charge on any atom is -0.312 e. The van der Waals surface area contributed by atoms with E-state index in [0.717, 1.165) is 0 Å². The first-order valence-corrected chi connectivity index (χ1v) is 4.01. The van der Waals surface area contributed by atoms with Gasteiger partial charge in [0, 0.05) is 18.8 Å². The van der Waals surface area contributed by atoms with Crippen molar-refractivity contribution in [2.45, 2.75) is 31.7 Å². The molecule has 10 heavy (non-hydrogen) atoms. The van der Waals surface area contributed by atoms with Crippen molar-refractivity contribution in [3.8, 4) is 0 Å². The van der Waals surface area contributed by atoms with E-state index in [-0.39, 0.29) is 0 Å². The normalized spacial score (nSPS) is 31.0. The molecular formula is C8H16N2. The highest BCUT2D eigenvalue weighted by Crippen LogP contribution is 2.14. The van der Waals surface area contributed by atoms with E-state index < -0.39 is 0 Å². The third-order valence-corrected chi connectivity index (χ3v) is 2.21. The second kappa shape index (κ2) is 3.71. The van der Waals surface area contributed by atoms with Gasteiger partial charge in [-0.15, -0.1) is 0 Å². The Labute approximate surface area is 62.7 Å². The lowest BCUT2D eigenvalue weighted by molar-refractivity contribution is 0.548. The van der Waals surface area contributed by atoms with Crippen LogP contribution in [0.1, 0.15) is 25.7 Å². The van der Waals surface area contributed by atoms with Crippen molar-refractivity contribution in [2.75, 3.05) is 14.1 Å². The number of hydrogen-bond acceptors (Lipinski definition) is 2. The molecule has 0 saturated heterocycles. The molecule has 0 aromatic rings. The molecule has 0 spiro atoms. The maximum absolute atomic E-state index is 4.25. The van der Waals surface area contributed by atoms with E-state index in [1.807, 2.05) is 14.1 Å². The number of rotatable bonds is 1. The fourth-order valence-electron chi connectivity index (χ4n) is 1.57. The summed E-state index contributed by atoms with van der Waals surface area (Å²) < 4.78 is 0. The minimum absolute atomic E-state index is 0.568. The highest BCUT2D eigenvalue weighted by Gasteiger charge is 2.16. The largest absolute Gasteiger partial charge is 0.312 e. The molecule has 2 nitrogen and oxygen atoms in total. The van der Waals surface area contributed by atoms with Gasteiger partial charge in [0.25, 0.3) is 0 Å². The number of hydrogen-bond donors (Lipinski definition) is 1.